The Labute approximate surface area is 173 Å². The van der Waals surface area contributed by atoms with Crippen molar-refractivity contribution in [3.8, 4) is 0 Å². The second-order valence-electron chi connectivity index (χ2n) is 6.18. The first-order valence-electron chi connectivity index (χ1n) is 8.77. The van der Waals surface area contributed by atoms with Gasteiger partial charge in [-0.2, -0.15) is 4.31 Å². The summed E-state index contributed by atoms with van der Waals surface area (Å²) in [6, 6.07) is 12.0. The number of carbonyl (C=O) groups is 2. The van der Waals surface area contributed by atoms with Crippen LogP contribution in [0.1, 0.15) is 10.4 Å². The van der Waals surface area contributed by atoms with Gasteiger partial charge in [0.05, 0.1) is 23.7 Å². The highest BCUT2D eigenvalue weighted by Gasteiger charge is 2.26. The lowest BCUT2D eigenvalue weighted by Crippen LogP contribution is -2.40. The Hall–Kier alpha value is -2.46. The Morgan fingerprint density at radius 3 is 2.48 bits per heavy atom. The zero-order valence-corrected chi connectivity index (χ0v) is 16.9. The summed E-state index contributed by atoms with van der Waals surface area (Å²) in [5, 5.41) is 3.01. The van der Waals surface area contributed by atoms with Crippen molar-refractivity contribution >= 4 is 39.2 Å². The predicted molar refractivity (Wildman–Crippen MR) is 106 cm³/mol. The maximum absolute atomic E-state index is 12.7. The van der Waals surface area contributed by atoms with Crippen molar-refractivity contribution in [3.63, 3.8) is 0 Å². The van der Waals surface area contributed by atoms with E-state index in [1.54, 1.807) is 18.2 Å². The molecule has 1 N–H and O–H groups in total. The van der Waals surface area contributed by atoms with Crippen molar-refractivity contribution in [2.75, 3.05) is 38.2 Å². The quantitative estimate of drug-likeness (QED) is 0.693. The molecule has 0 bridgehead atoms. The predicted octanol–water partition coefficient (Wildman–Crippen LogP) is 2.16. The highest BCUT2D eigenvalue weighted by Crippen LogP contribution is 2.20. The molecule has 1 aliphatic rings. The molecular weight excluding hydrogens is 420 g/mol. The van der Waals surface area contributed by atoms with Gasteiger partial charge in [-0.15, -0.1) is 0 Å². The van der Waals surface area contributed by atoms with E-state index in [0.29, 0.717) is 18.2 Å². The number of carbonyl (C=O) groups excluding carboxylic acids is 2. The SMILES string of the molecule is O=C(COC(=O)c1ccc(Cl)cc1)Nc1cccc(S(=O)(=O)N2CCOCC2)c1. The van der Waals surface area contributed by atoms with Crippen LogP contribution in [0.4, 0.5) is 5.69 Å². The third-order valence-electron chi connectivity index (χ3n) is 4.14. The van der Waals surface area contributed by atoms with Gasteiger partial charge in [-0.1, -0.05) is 17.7 Å². The van der Waals surface area contributed by atoms with E-state index in [0.717, 1.165) is 0 Å². The minimum atomic E-state index is -3.68. The van der Waals surface area contributed by atoms with Crippen molar-refractivity contribution in [2.24, 2.45) is 0 Å². The van der Waals surface area contributed by atoms with Gasteiger partial charge in [-0.3, -0.25) is 4.79 Å². The molecule has 0 aromatic heterocycles. The van der Waals surface area contributed by atoms with Crippen molar-refractivity contribution in [1.29, 1.82) is 0 Å². The molecule has 29 heavy (non-hydrogen) atoms. The number of esters is 1. The fourth-order valence-electron chi connectivity index (χ4n) is 2.67. The maximum Gasteiger partial charge on any atom is 0.338 e. The number of anilines is 1. The topological polar surface area (TPSA) is 102 Å². The molecule has 1 saturated heterocycles. The van der Waals surface area contributed by atoms with Crippen LogP contribution >= 0.6 is 11.6 Å². The Bertz CT molecular complexity index is 988. The van der Waals surface area contributed by atoms with Crippen LogP contribution in [0.5, 0.6) is 0 Å². The first-order valence-corrected chi connectivity index (χ1v) is 10.6. The zero-order valence-electron chi connectivity index (χ0n) is 15.3. The highest BCUT2D eigenvalue weighted by atomic mass is 35.5. The number of ether oxygens (including phenoxy) is 2. The largest absolute Gasteiger partial charge is 0.452 e. The van der Waals surface area contributed by atoms with Gasteiger partial charge in [0.15, 0.2) is 6.61 Å². The van der Waals surface area contributed by atoms with Crippen LogP contribution in [-0.4, -0.2) is 57.5 Å². The molecule has 0 unspecified atom stereocenters. The zero-order chi connectivity index (χ0) is 20.9. The Balaban J connectivity index is 1.60. The average Bonchev–Trinajstić information content (AvgIpc) is 2.73. The summed E-state index contributed by atoms with van der Waals surface area (Å²) >= 11 is 5.76. The van der Waals surface area contributed by atoms with Gasteiger partial charge in [0.2, 0.25) is 10.0 Å². The molecule has 0 aliphatic carbocycles. The van der Waals surface area contributed by atoms with Gasteiger partial charge in [0, 0.05) is 23.8 Å². The first-order chi connectivity index (χ1) is 13.9. The number of halogens is 1. The van der Waals surface area contributed by atoms with Gasteiger partial charge in [-0.25, -0.2) is 13.2 Å². The van der Waals surface area contributed by atoms with Crippen molar-refractivity contribution in [2.45, 2.75) is 4.90 Å². The minimum absolute atomic E-state index is 0.0651. The van der Waals surface area contributed by atoms with Gasteiger partial charge >= 0.3 is 5.97 Å². The molecule has 1 amide bonds. The molecule has 0 radical (unpaired) electrons. The molecule has 1 heterocycles. The van der Waals surface area contributed by atoms with Gasteiger partial charge in [-0.05, 0) is 42.5 Å². The number of benzene rings is 2. The van der Waals surface area contributed by atoms with Crippen LogP contribution in [-0.2, 0) is 24.3 Å². The minimum Gasteiger partial charge on any atom is -0.452 e. The number of rotatable bonds is 6. The summed E-state index contributed by atoms with van der Waals surface area (Å²) in [6.07, 6.45) is 0. The number of sulfonamides is 1. The molecule has 2 aromatic carbocycles. The van der Waals surface area contributed by atoms with E-state index in [-0.39, 0.29) is 29.2 Å². The van der Waals surface area contributed by atoms with Gasteiger partial charge < -0.3 is 14.8 Å². The molecule has 8 nitrogen and oxygen atoms in total. The molecule has 2 aromatic rings. The van der Waals surface area contributed by atoms with Crippen molar-refractivity contribution in [3.05, 3.63) is 59.1 Å². The average molecular weight is 439 g/mol. The van der Waals surface area contributed by atoms with E-state index in [1.165, 1.54) is 34.6 Å². The Kier molecular flexibility index (Phi) is 6.86. The molecular formula is C19H19ClN2O6S. The Morgan fingerprint density at radius 2 is 1.79 bits per heavy atom. The number of amides is 1. The van der Waals surface area contributed by atoms with E-state index in [9.17, 15) is 18.0 Å². The summed E-state index contributed by atoms with van der Waals surface area (Å²) < 4.78 is 36.9. The van der Waals surface area contributed by atoms with E-state index in [1.807, 2.05) is 0 Å². The first kappa shape index (κ1) is 21.3. The number of hydrogen-bond donors (Lipinski definition) is 1. The summed E-state index contributed by atoms with van der Waals surface area (Å²) in [6.45, 7) is 0.727. The summed E-state index contributed by atoms with van der Waals surface area (Å²) in [4.78, 5) is 24.1. The molecule has 3 rings (SSSR count). The maximum atomic E-state index is 12.7. The van der Waals surface area contributed by atoms with Crippen LogP contribution < -0.4 is 5.32 Å². The van der Waals surface area contributed by atoms with E-state index in [4.69, 9.17) is 21.1 Å². The number of nitrogens with zero attached hydrogens (tertiary/aromatic N) is 1. The van der Waals surface area contributed by atoms with Crippen molar-refractivity contribution in [1.82, 2.24) is 4.31 Å². The summed E-state index contributed by atoms with van der Waals surface area (Å²) in [7, 11) is -3.68. The monoisotopic (exact) mass is 438 g/mol. The molecule has 0 saturated carbocycles. The molecule has 0 spiro atoms. The van der Waals surface area contributed by atoms with E-state index < -0.39 is 28.5 Å². The van der Waals surface area contributed by atoms with Crippen LogP contribution in [0.2, 0.25) is 5.02 Å². The molecule has 154 valence electrons. The second-order valence-corrected chi connectivity index (χ2v) is 8.55. The lowest BCUT2D eigenvalue weighted by molar-refractivity contribution is -0.119. The van der Waals surface area contributed by atoms with Crippen LogP contribution in [0.25, 0.3) is 0 Å². The van der Waals surface area contributed by atoms with E-state index in [2.05, 4.69) is 5.32 Å². The lowest BCUT2D eigenvalue weighted by Gasteiger charge is -2.26. The van der Waals surface area contributed by atoms with E-state index >= 15 is 0 Å². The van der Waals surface area contributed by atoms with Crippen LogP contribution in [0.3, 0.4) is 0 Å². The van der Waals surface area contributed by atoms with Gasteiger partial charge in [0.25, 0.3) is 5.91 Å². The normalized spacial score (nSPS) is 14.9. The smallest absolute Gasteiger partial charge is 0.338 e. The van der Waals surface area contributed by atoms with Crippen molar-refractivity contribution < 1.29 is 27.5 Å². The molecule has 0 atom stereocenters. The Morgan fingerprint density at radius 1 is 1.10 bits per heavy atom. The molecule has 1 aliphatic heterocycles. The molecule has 10 heteroatoms. The third-order valence-corrected chi connectivity index (χ3v) is 6.29. The third kappa shape index (κ3) is 5.54. The van der Waals surface area contributed by atoms with Crippen LogP contribution in [0, 0.1) is 0 Å². The molecule has 1 fully saturated rings. The summed E-state index contributed by atoms with van der Waals surface area (Å²) in [5.74, 6) is -1.26. The van der Waals surface area contributed by atoms with Crippen LogP contribution in [0.15, 0.2) is 53.4 Å². The lowest BCUT2D eigenvalue weighted by atomic mass is 10.2. The summed E-state index contributed by atoms with van der Waals surface area (Å²) in [5.41, 5.74) is 0.549. The second kappa shape index (κ2) is 9.36. The van der Waals surface area contributed by atoms with Gasteiger partial charge in [0.1, 0.15) is 0 Å². The fourth-order valence-corrected chi connectivity index (χ4v) is 4.25. The fraction of sp³-hybridized carbons (Fsp3) is 0.263. The number of hydrogen-bond acceptors (Lipinski definition) is 6. The highest BCUT2D eigenvalue weighted by molar-refractivity contribution is 7.89. The number of morpholine rings is 1. The number of nitrogens with one attached hydrogen (secondary N) is 1. The standard InChI is InChI=1S/C19H19ClN2O6S/c20-15-6-4-14(5-7-15)19(24)28-13-18(23)21-16-2-1-3-17(12-16)29(25,26)22-8-10-27-11-9-22/h1-7,12H,8-11,13H2,(H,21,23).